The maximum absolute atomic E-state index is 6.90. The monoisotopic (exact) mass is 666 g/mol. The molecule has 5 heterocycles. The summed E-state index contributed by atoms with van der Waals surface area (Å²) in [5, 5.41) is 7.68. The third kappa shape index (κ3) is 3.62. The number of rotatable bonds is 3. The Morgan fingerprint density at radius 3 is 1.69 bits per heavy atom. The molecule has 0 aliphatic carbocycles. The van der Waals surface area contributed by atoms with Crippen LogP contribution in [0.5, 0.6) is 0 Å². The van der Waals surface area contributed by atoms with Crippen LogP contribution in [0.3, 0.4) is 0 Å². The van der Waals surface area contributed by atoms with Crippen LogP contribution in [-0.2, 0) is 0 Å². The number of para-hydroxylation sites is 5. The molecule has 6 nitrogen and oxygen atoms in total. The van der Waals surface area contributed by atoms with E-state index in [1.165, 1.54) is 10.8 Å². The first kappa shape index (κ1) is 27.6. The van der Waals surface area contributed by atoms with Gasteiger partial charge >= 0.3 is 0 Å². The molecule has 6 heteroatoms. The molecule has 0 amide bonds. The van der Waals surface area contributed by atoms with Crippen molar-refractivity contribution in [3.63, 3.8) is 0 Å². The maximum Gasteiger partial charge on any atom is 0.247 e. The van der Waals surface area contributed by atoms with Crippen LogP contribution < -0.4 is 0 Å². The van der Waals surface area contributed by atoms with Gasteiger partial charge < -0.3 is 13.4 Å². The van der Waals surface area contributed by atoms with Gasteiger partial charge in [0.2, 0.25) is 5.71 Å². The number of hydrogen-bond acceptors (Lipinski definition) is 4. The fourth-order valence-electron chi connectivity index (χ4n) is 8.36. The van der Waals surface area contributed by atoms with E-state index in [9.17, 15) is 0 Å². The van der Waals surface area contributed by atoms with Crippen LogP contribution in [0.4, 0.5) is 0 Å². The summed E-state index contributed by atoms with van der Waals surface area (Å²) in [6, 6.07) is 54.7. The molecule has 12 rings (SSSR count). The maximum atomic E-state index is 6.90. The van der Waals surface area contributed by atoms with Crippen LogP contribution >= 0.6 is 0 Å². The summed E-state index contributed by atoms with van der Waals surface area (Å²) < 4.78 is 17.8. The zero-order valence-corrected chi connectivity index (χ0v) is 27.6. The Balaban J connectivity index is 1.32. The minimum Gasteiger partial charge on any atom is -0.454 e. The third-order valence-corrected chi connectivity index (χ3v) is 10.5. The lowest BCUT2D eigenvalue weighted by molar-refractivity contribution is 0.653. The summed E-state index contributed by atoms with van der Waals surface area (Å²) >= 11 is 0. The number of benzene rings is 7. The number of hydrogen-bond donors (Lipinski definition) is 0. The predicted octanol–water partition coefficient (Wildman–Crippen LogP) is 12.1. The van der Waals surface area contributed by atoms with Crippen LogP contribution in [0, 0.1) is 0 Å². The van der Waals surface area contributed by atoms with Gasteiger partial charge in [0.25, 0.3) is 0 Å². The lowest BCUT2D eigenvalue weighted by atomic mass is 10.0. The Hall–Kier alpha value is -7.18. The van der Waals surface area contributed by atoms with Gasteiger partial charge in [0.15, 0.2) is 11.4 Å². The Kier molecular flexibility index (Phi) is 5.41. The quantitative estimate of drug-likeness (QED) is 0.188. The molecule has 12 aromatic rings. The molecule has 0 radical (unpaired) electrons. The Labute approximate surface area is 295 Å². The van der Waals surface area contributed by atoms with Gasteiger partial charge in [-0.1, -0.05) is 115 Å². The molecule has 0 saturated heterocycles. The SMILES string of the molecule is c1ccc(-c2nc3oc4ccccc4c3nc2-n2c3ccccc3c3c4c(oc5ccccc54)c(-n4c5ccccc5c5ccccc54)cc32)cc1. The molecule has 0 bridgehead atoms. The predicted molar refractivity (Wildman–Crippen MR) is 211 cm³/mol. The highest BCUT2D eigenvalue weighted by molar-refractivity contribution is 6.29. The van der Waals surface area contributed by atoms with Gasteiger partial charge in [-0.2, -0.15) is 0 Å². The lowest BCUT2D eigenvalue weighted by Crippen LogP contribution is -2.04. The standard InChI is InChI=1S/C46H26N4O2/c1-2-14-27(15-3-1)42-45(47-43-32-20-8-13-25-39(32)52-46(43)48-42)50-35-23-11-6-18-30(35)40-36(50)26-37(44-41(40)31-19-7-12-24-38(31)51-44)49-33-21-9-4-16-28(33)29-17-5-10-22-34(29)49/h1-26H. The zero-order chi connectivity index (χ0) is 33.9. The summed E-state index contributed by atoms with van der Waals surface area (Å²) in [5.41, 5.74) is 10.6. The van der Waals surface area contributed by atoms with Crippen molar-refractivity contribution < 1.29 is 8.83 Å². The van der Waals surface area contributed by atoms with Gasteiger partial charge in [0, 0.05) is 43.3 Å². The molecule has 0 spiro atoms. The first-order valence-corrected chi connectivity index (χ1v) is 17.4. The zero-order valence-electron chi connectivity index (χ0n) is 27.6. The Bertz CT molecular complexity index is 3360. The smallest absolute Gasteiger partial charge is 0.247 e. The molecule has 0 fully saturated rings. The van der Waals surface area contributed by atoms with Crippen molar-refractivity contribution in [1.82, 2.24) is 19.1 Å². The highest BCUT2D eigenvalue weighted by atomic mass is 16.3. The third-order valence-electron chi connectivity index (χ3n) is 10.5. The Morgan fingerprint density at radius 1 is 0.423 bits per heavy atom. The van der Waals surface area contributed by atoms with Crippen LogP contribution in [-0.4, -0.2) is 19.1 Å². The molecule has 0 unspecified atom stereocenters. The molecule has 242 valence electrons. The summed E-state index contributed by atoms with van der Waals surface area (Å²) in [7, 11) is 0. The summed E-state index contributed by atoms with van der Waals surface area (Å²) in [6.07, 6.45) is 0. The van der Waals surface area contributed by atoms with Crippen molar-refractivity contribution in [3.8, 4) is 22.8 Å². The fraction of sp³-hybridized carbons (Fsp3) is 0. The number of fused-ring (bicyclic) bond motifs is 13. The van der Waals surface area contributed by atoms with Gasteiger partial charge in [-0.3, -0.25) is 4.57 Å². The van der Waals surface area contributed by atoms with E-state index in [2.05, 4.69) is 124 Å². The Morgan fingerprint density at radius 2 is 0.981 bits per heavy atom. The van der Waals surface area contributed by atoms with Crippen molar-refractivity contribution in [3.05, 3.63) is 158 Å². The molecule has 0 N–H and O–H groups in total. The fourth-order valence-corrected chi connectivity index (χ4v) is 8.36. The number of nitrogens with zero attached hydrogens (tertiary/aromatic N) is 4. The molecular weight excluding hydrogens is 641 g/mol. The second kappa shape index (κ2) is 10.2. The van der Waals surface area contributed by atoms with Crippen LogP contribution in [0.25, 0.3) is 111 Å². The van der Waals surface area contributed by atoms with E-state index in [1.54, 1.807) is 0 Å². The molecule has 7 aromatic carbocycles. The van der Waals surface area contributed by atoms with Crippen LogP contribution in [0.1, 0.15) is 0 Å². The molecule has 0 aliphatic rings. The van der Waals surface area contributed by atoms with E-state index < -0.39 is 0 Å². The minimum atomic E-state index is 0.513. The van der Waals surface area contributed by atoms with Gasteiger partial charge in [-0.15, -0.1) is 0 Å². The summed E-state index contributed by atoms with van der Waals surface area (Å²) in [6.45, 7) is 0. The molecule has 0 saturated carbocycles. The molecule has 5 aromatic heterocycles. The molecule has 0 aliphatic heterocycles. The highest BCUT2D eigenvalue weighted by Crippen LogP contribution is 2.46. The normalized spacial score (nSPS) is 12.2. The lowest BCUT2D eigenvalue weighted by Gasteiger charge is -2.14. The summed E-state index contributed by atoms with van der Waals surface area (Å²) in [5.74, 6) is 0.733. The van der Waals surface area contributed by atoms with Gasteiger partial charge in [-0.25, -0.2) is 9.97 Å². The van der Waals surface area contributed by atoms with Crippen molar-refractivity contribution in [1.29, 1.82) is 0 Å². The largest absolute Gasteiger partial charge is 0.454 e. The van der Waals surface area contributed by atoms with E-state index in [-0.39, 0.29) is 0 Å². The topological polar surface area (TPSA) is 61.9 Å². The number of aromatic nitrogens is 4. The van der Waals surface area contributed by atoms with Gasteiger partial charge in [0.05, 0.1) is 27.8 Å². The van der Waals surface area contributed by atoms with Crippen molar-refractivity contribution in [2.75, 3.05) is 0 Å². The van der Waals surface area contributed by atoms with Crippen molar-refractivity contribution in [2.24, 2.45) is 0 Å². The first-order chi connectivity index (χ1) is 25.8. The summed E-state index contributed by atoms with van der Waals surface area (Å²) in [4.78, 5) is 10.7. The van der Waals surface area contributed by atoms with E-state index >= 15 is 0 Å². The van der Waals surface area contributed by atoms with Crippen LogP contribution in [0.2, 0.25) is 0 Å². The van der Waals surface area contributed by atoms with Gasteiger partial charge in [0.1, 0.15) is 22.4 Å². The average Bonchev–Trinajstić information content (AvgIpc) is 3.95. The number of furan rings is 2. The molecule has 0 atom stereocenters. The van der Waals surface area contributed by atoms with E-state index in [0.717, 1.165) is 94.0 Å². The van der Waals surface area contributed by atoms with Gasteiger partial charge in [-0.05, 0) is 42.5 Å². The van der Waals surface area contributed by atoms with Crippen molar-refractivity contribution >= 4 is 87.7 Å². The van der Waals surface area contributed by atoms with E-state index in [4.69, 9.17) is 18.8 Å². The highest BCUT2D eigenvalue weighted by Gasteiger charge is 2.27. The first-order valence-electron chi connectivity index (χ1n) is 17.4. The molecule has 52 heavy (non-hydrogen) atoms. The van der Waals surface area contributed by atoms with Crippen molar-refractivity contribution in [2.45, 2.75) is 0 Å². The van der Waals surface area contributed by atoms with E-state index in [1.807, 2.05) is 42.5 Å². The second-order valence-corrected chi connectivity index (χ2v) is 13.3. The average molecular weight is 667 g/mol. The van der Waals surface area contributed by atoms with E-state index in [0.29, 0.717) is 5.71 Å². The minimum absolute atomic E-state index is 0.513. The second-order valence-electron chi connectivity index (χ2n) is 13.3. The van der Waals surface area contributed by atoms with Crippen LogP contribution in [0.15, 0.2) is 167 Å². The molecular formula is C46H26N4O2.